The Balaban J connectivity index is 2.10. The molecule has 2 atom stereocenters. The monoisotopic (exact) mass is 289 g/mol. The van der Waals surface area contributed by atoms with Gasteiger partial charge in [-0.1, -0.05) is 0 Å². The molecule has 2 unspecified atom stereocenters. The second-order valence-electron chi connectivity index (χ2n) is 5.44. The van der Waals surface area contributed by atoms with Crippen LogP contribution in [-0.2, 0) is 14.3 Å². The molecule has 2 aliphatic rings. The van der Waals surface area contributed by atoms with Crippen LogP contribution < -0.4 is 4.90 Å². The zero-order chi connectivity index (χ0) is 15.3. The maximum Gasteiger partial charge on any atom is 0.336 e. The summed E-state index contributed by atoms with van der Waals surface area (Å²) in [5, 5.41) is 9.25. The van der Waals surface area contributed by atoms with Crippen molar-refractivity contribution >= 4 is 23.5 Å². The number of imide groups is 1. The Bertz CT molecular complexity index is 644. The molecular formula is C15H15NO5. The zero-order valence-electron chi connectivity index (χ0n) is 11.8. The molecule has 2 fully saturated rings. The van der Waals surface area contributed by atoms with E-state index in [1.807, 2.05) is 0 Å². The number of fused-ring (bicyclic) bond motifs is 2. The van der Waals surface area contributed by atoms with Crippen LogP contribution in [0.3, 0.4) is 0 Å². The van der Waals surface area contributed by atoms with Crippen LogP contribution >= 0.6 is 0 Å². The predicted octanol–water partition coefficient (Wildman–Crippen LogP) is 1.42. The lowest BCUT2D eigenvalue weighted by molar-refractivity contribution is -0.146. The molecule has 110 valence electrons. The summed E-state index contributed by atoms with van der Waals surface area (Å²) in [6.07, 6.45) is -0.129. The van der Waals surface area contributed by atoms with Gasteiger partial charge in [0, 0.05) is 0 Å². The molecule has 0 aliphatic carbocycles. The molecule has 6 heteroatoms. The highest BCUT2D eigenvalue weighted by Gasteiger charge is 2.47. The van der Waals surface area contributed by atoms with Crippen LogP contribution in [0.2, 0.25) is 0 Å². The molecule has 3 rings (SSSR count). The van der Waals surface area contributed by atoms with Crippen molar-refractivity contribution in [1.82, 2.24) is 0 Å². The molecule has 2 heterocycles. The average Bonchev–Trinajstić information content (AvgIpc) is 2.87. The van der Waals surface area contributed by atoms with E-state index in [9.17, 15) is 19.5 Å². The molecule has 0 spiro atoms. The molecule has 1 N–H and O–H groups in total. The van der Waals surface area contributed by atoms with Gasteiger partial charge in [0.05, 0.1) is 11.3 Å². The molecule has 2 saturated heterocycles. The van der Waals surface area contributed by atoms with Gasteiger partial charge in [0.25, 0.3) is 11.8 Å². The van der Waals surface area contributed by atoms with Crippen LogP contribution in [0.1, 0.15) is 34.3 Å². The number of nitrogens with zero attached hydrogens (tertiary/aromatic N) is 1. The van der Waals surface area contributed by atoms with Gasteiger partial charge in [0.1, 0.15) is 12.2 Å². The molecular weight excluding hydrogens is 274 g/mol. The number of carboxylic acid groups (broad SMARTS) is 1. The smallest absolute Gasteiger partial charge is 0.336 e. The minimum absolute atomic E-state index is 0.101. The van der Waals surface area contributed by atoms with Gasteiger partial charge in [-0.3, -0.25) is 9.59 Å². The standard InChI is InChI=1S/C15H15NO5/c1-7-5-9(6-10(8(7)2)15(19)20)16-13(17)11-3-4-12(21-11)14(16)18/h5-6,11-12H,3-4H2,1-2H3,(H,19,20). The van der Waals surface area contributed by atoms with Gasteiger partial charge in [0.2, 0.25) is 0 Å². The Labute approximate surface area is 121 Å². The number of carbonyl (C=O) groups is 3. The number of ether oxygens (including phenoxy) is 1. The Kier molecular flexibility index (Phi) is 3.06. The van der Waals surface area contributed by atoms with Crippen LogP contribution in [0.4, 0.5) is 5.69 Å². The van der Waals surface area contributed by atoms with Crippen molar-refractivity contribution in [3.8, 4) is 0 Å². The van der Waals surface area contributed by atoms with Crippen LogP contribution in [0, 0.1) is 13.8 Å². The lowest BCUT2D eigenvalue weighted by atomic mass is 10.0. The van der Waals surface area contributed by atoms with Gasteiger partial charge in [0.15, 0.2) is 0 Å². The van der Waals surface area contributed by atoms with E-state index in [0.717, 1.165) is 10.5 Å². The van der Waals surface area contributed by atoms with Crippen molar-refractivity contribution in [2.45, 2.75) is 38.9 Å². The molecule has 0 saturated carbocycles. The number of amides is 2. The van der Waals surface area contributed by atoms with Gasteiger partial charge in [-0.05, 0) is 49.9 Å². The number of aromatic carboxylic acids is 1. The fourth-order valence-electron chi connectivity index (χ4n) is 2.84. The van der Waals surface area contributed by atoms with Crippen molar-refractivity contribution in [3.05, 3.63) is 28.8 Å². The normalized spacial score (nSPS) is 24.6. The molecule has 0 aromatic heterocycles. The summed E-state index contributed by atoms with van der Waals surface area (Å²) in [5.74, 6) is -1.89. The number of rotatable bonds is 2. The van der Waals surface area contributed by atoms with Gasteiger partial charge in [-0.25, -0.2) is 9.69 Å². The molecule has 1 aromatic carbocycles. The van der Waals surface area contributed by atoms with E-state index in [2.05, 4.69) is 0 Å². The lowest BCUT2D eigenvalue weighted by Crippen LogP contribution is -2.52. The van der Waals surface area contributed by atoms with E-state index in [4.69, 9.17) is 4.74 Å². The number of hydrogen-bond acceptors (Lipinski definition) is 4. The highest BCUT2D eigenvalue weighted by atomic mass is 16.5. The van der Waals surface area contributed by atoms with Crippen LogP contribution in [0.5, 0.6) is 0 Å². The maximum atomic E-state index is 12.3. The first-order valence-corrected chi connectivity index (χ1v) is 6.78. The number of morpholine rings is 1. The first-order valence-electron chi connectivity index (χ1n) is 6.78. The van der Waals surface area contributed by atoms with Crippen LogP contribution in [-0.4, -0.2) is 35.1 Å². The maximum absolute atomic E-state index is 12.3. The second kappa shape index (κ2) is 4.66. The largest absolute Gasteiger partial charge is 0.478 e. The summed E-state index contributed by atoms with van der Waals surface area (Å²) < 4.78 is 5.35. The van der Waals surface area contributed by atoms with Gasteiger partial charge >= 0.3 is 5.97 Å². The van der Waals surface area contributed by atoms with E-state index in [1.54, 1.807) is 19.9 Å². The molecule has 6 nitrogen and oxygen atoms in total. The molecule has 2 amide bonds. The molecule has 21 heavy (non-hydrogen) atoms. The topological polar surface area (TPSA) is 83.9 Å². The number of benzene rings is 1. The first kappa shape index (κ1) is 13.8. The second-order valence-corrected chi connectivity index (χ2v) is 5.44. The Morgan fingerprint density at radius 3 is 2.29 bits per heavy atom. The molecule has 2 aliphatic heterocycles. The molecule has 2 bridgehead atoms. The van der Waals surface area contributed by atoms with Crippen molar-refractivity contribution in [3.63, 3.8) is 0 Å². The molecule has 1 aromatic rings. The predicted molar refractivity (Wildman–Crippen MR) is 73.3 cm³/mol. The summed E-state index contributed by atoms with van der Waals surface area (Å²) in [4.78, 5) is 37.0. The van der Waals surface area contributed by atoms with Gasteiger partial charge in [-0.15, -0.1) is 0 Å². The van der Waals surface area contributed by atoms with Gasteiger partial charge in [-0.2, -0.15) is 0 Å². The number of carbonyl (C=O) groups excluding carboxylic acids is 2. The lowest BCUT2D eigenvalue weighted by Gasteiger charge is -2.30. The number of carboxylic acids is 1. The Morgan fingerprint density at radius 2 is 1.76 bits per heavy atom. The van der Waals surface area contributed by atoms with E-state index in [1.165, 1.54) is 6.07 Å². The Morgan fingerprint density at radius 1 is 1.19 bits per heavy atom. The first-order chi connectivity index (χ1) is 9.90. The third kappa shape index (κ3) is 2.03. The van der Waals surface area contributed by atoms with E-state index in [-0.39, 0.29) is 5.56 Å². The quantitative estimate of drug-likeness (QED) is 0.832. The summed E-state index contributed by atoms with van der Waals surface area (Å²) >= 11 is 0. The number of hydrogen-bond donors (Lipinski definition) is 1. The van der Waals surface area contributed by atoms with Crippen LogP contribution in [0.25, 0.3) is 0 Å². The summed E-state index contributed by atoms with van der Waals surface area (Å²) in [6.45, 7) is 3.46. The van der Waals surface area contributed by atoms with Crippen molar-refractivity contribution < 1.29 is 24.2 Å². The molecule has 0 radical (unpaired) electrons. The minimum atomic E-state index is -1.08. The average molecular weight is 289 g/mol. The van der Waals surface area contributed by atoms with Crippen molar-refractivity contribution in [1.29, 1.82) is 0 Å². The number of aryl methyl sites for hydroxylation is 1. The van der Waals surface area contributed by atoms with Crippen LogP contribution in [0.15, 0.2) is 12.1 Å². The fourth-order valence-corrected chi connectivity index (χ4v) is 2.84. The summed E-state index contributed by atoms with van der Waals surface area (Å²) in [6, 6.07) is 3.05. The zero-order valence-corrected chi connectivity index (χ0v) is 11.8. The number of anilines is 1. The summed E-state index contributed by atoms with van der Waals surface area (Å²) in [7, 11) is 0. The summed E-state index contributed by atoms with van der Waals surface area (Å²) in [5.41, 5.74) is 1.77. The van der Waals surface area contributed by atoms with Crippen molar-refractivity contribution in [2.75, 3.05) is 4.90 Å². The van der Waals surface area contributed by atoms with Crippen molar-refractivity contribution in [2.24, 2.45) is 0 Å². The van der Waals surface area contributed by atoms with E-state index >= 15 is 0 Å². The third-order valence-corrected chi connectivity index (χ3v) is 4.15. The highest BCUT2D eigenvalue weighted by Crippen LogP contribution is 2.33. The van der Waals surface area contributed by atoms with E-state index < -0.39 is 30.0 Å². The van der Waals surface area contributed by atoms with E-state index in [0.29, 0.717) is 24.1 Å². The SMILES string of the molecule is Cc1cc(N2C(=O)C3CCC(O3)C2=O)cc(C(=O)O)c1C. The third-order valence-electron chi connectivity index (χ3n) is 4.15. The highest BCUT2D eigenvalue weighted by molar-refractivity contribution is 6.20. The van der Waals surface area contributed by atoms with Gasteiger partial charge < -0.3 is 9.84 Å². The fraction of sp³-hybridized carbons (Fsp3) is 0.400. The minimum Gasteiger partial charge on any atom is -0.478 e. The Hall–Kier alpha value is -2.21.